The van der Waals surface area contributed by atoms with E-state index in [4.69, 9.17) is 0 Å². The minimum atomic E-state index is 0.649. The van der Waals surface area contributed by atoms with Crippen LogP contribution in [0.25, 0.3) is 6.08 Å². The Morgan fingerprint density at radius 2 is 1.53 bits per heavy atom. The molecule has 0 amide bonds. The molecule has 0 aliphatic heterocycles. The monoisotopic (exact) mass is 248 g/mol. The molecule has 0 atom stereocenters. The molecule has 0 aliphatic carbocycles. The Morgan fingerprint density at radius 1 is 0.947 bits per heavy atom. The van der Waals surface area contributed by atoms with Gasteiger partial charge in [0.25, 0.3) is 0 Å². The molecular weight excluding hydrogens is 232 g/mol. The van der Waals surface area contributed by atoms with Crippen molar-refractivity contribution in [2.45, 2.75) is 12.8 Å². The van der Waals surface area contributed by atoms with Gasteiger partial charge in [-0.2, -0.15) is 0 Å². The normalized spacial score (nSPS) is 9.68. The highest BCUT2D eigenvalue weighted by Gasteiger charge is 2.03. The van der Waals surface area contributed by atoms with Crippen molar-refractivity contribution >= 4 is 12.0 Å². The van der Waals surface area contributed by atoms with Gasteiger partial charge < -0.3 is 0 Å². The highest BCUT2D eigenvalue weighted by Crippen LogP contribution is 2.13. The third kappa shape index (κ3) is 3.80. The number of benzene rings is 2. The lowest BCUT2D eigenvalue weighted by molar-refractivity contribution is 0.566. The van der Waals surface area contributed by atoms with Crippen LogP contribution in [0, 0.1) is 0 Å². The van der Waals surface area contributed by atoms with Crippen LogP contribution in [-0.2, 0) is 17.6 Å². The summed E-state index contributed by atoms with van der Waals surface area (Å²) >= 11 is 0. The van der Waals surface area contributed by atoms with Gasteiger partial charge in [-0.25, -0.2) is 4.79 Å². The van der Waals surface area contributed by atoms with E-state index in [1.165, 1.54) is 0 Å². The Hall–Kier alpha value is -2.37. The Morgan fingerprint density at radius 3 is 2.05 bits per heavy atom. The summed E-state index contributed by atoms with van der Waals surface area (Å²) in [5.74, 6) is 2.07. The van der Waals surface area contributed by atoms with E-state index in [2.05, 4.69) is 12.5 Å². The molecular formula is C18H16O. The van der Waals surface area contributed by atoms with E-state index in [0.717, 1.165) is 22.3 Å². The topological polar surface area (TPSA) is 17.1 Å². The Labute approximate surface area is 113 Å². The zero-order valence-electron chi connectivity index (χ0n) is 10.8. The van der Waals surface area contributed by atoms with Gasteiger partial charge in [-0.15, -0.1) is 0 Å². The summed E-state index contributed by atoms with van der Waals surface area (Å²) in [5, 5.41) is 0. The maximum Gasteiger partial charge on any atom is 0.124 e. The van der Waals surface area contributed by atoms with E-state index >= 15 is 0 Å². The number of rotatable bonds is 5. The zero-order chi connectivity index (χ0) is 13.5. The van der Waals surface area contributed by atoms with Crippen LogP contribution < -0.4 is 0 Å². The summed E-state index contributed by atoms with van der Waals surface area (Å²) < 4.78 is 0. The molecule has 94 valence electrons. The van der Waals surface area contributed by atoms with Gasteiger partial charge in [-0.1, -0.05) is 67.3 Å². The van der Waals surface area contributed by atoms with E-state index < -0.39 is 0 Å². The van der Waals surface area contributed by atoms with Crippen LogP contribution in [0.5, 0.6) is 0 Å². The average Bonchev–Trinajstić information content (AvgIpc) is 2.48. The Bertz CT molecular complexity index is 587. The van der Waals surface area contributed by atoms with E-state index in [0.29, 0.717) is 12.8 Å². The zero-order valence-corrected chi connectivity index (χ0v) is 10.8. The molecule has 0 aliphatic rings. The largest absolute Gasteiger partial charge is 0.234 e. The van der Waals surface area contributed by atoms with Crippen molar-refractivity contribution in [3.05, 3.63) is 83.4 Å². The number of carbonyl (C=O) groups excluding carboxylic acids is 1. The second-order valence-corrected chi connectivity index (χ2v) is 4.49. The summed E-state index contributed by atoms with van der Waals surface area (Å²) in [6.45, 7) is 3.73. The van der Waals surface area contributed by atoms with Crippen LogP contribution in [0.3, 0.4) is 0 Å². The molecule has 1 heteroatoms. The summed E-state index contributed by atoms with van der Waals surface area (Å²) in [5.41, 5.74) is 4.13. The highest BCUT2D eigenvalue weighted by atomic mass is 16.1. The molecule has 0 heterocycles. The maximum atomic E-state index is 11.1. The molecule has 0 spiro atoms. The fourth-order valence-corrected chi connectivity index (χ4v) is 1.99. The lowest BCUT2D eigenvalue weighted by atomic mass is 9.99. The molecule has 19 heavy (non-hydrogen) atoms. The van der Waals surface area contributed by atoms with Crippen LogP contribution in [0.1, 0.15) is 16.7 Å². The molecule has 0 saturated heterocycles. The minimum absolute atomic E-state index is 0.649. The van der Waals surface area contributed by atoms with Crippen LogP contribution in [0.4, 0.5) is 0 Å². The van der Waals surface area contributed by atoms with Gasteiger partial charge in [-0.05, 0) is 16.7 Å². The molecule has 2 aromatic carbocycles. The van der Waals surface area contributed by atoms with Crippen molar-refractivity contribution in [1.29, 1.82) is 0 Å². The van der Waals surface area contributed by atoms with Gasteiger partial charge in [0.05, 0.1) is 0 Å². The molecule has 1 nitrogen and oxygen atoms in total. The van der Waals surface area contributed by atoms with Crippen molar-refractivity contribution in [1.82, 2.24) is 0 Å². The number of hydrogen-bond acceptors (Lipinski definition) is 1. The van der Waals surface area contributed by atoms with Crippen molar-refractivity contribution in [3.63, 3.8) is 0 Å². The van der Waals surface area contributed by atoms with E-state index in [1.807, 2.05) is 60.7 Å². The smallest absolute Gasteiger partial charge is 0.124 e. The van der Waals surface area contributed by atoms with Gasteiger partial charge >= 0.3 is 0 Å². The molecule has 0 unspecified atom stereocenters. The molecule has 0 saturated carbocycles. The quantitative estimate of drug-likeness (QED) is 0.734. The maximum absolute atomic E-state index is 11.1. The van der Waals surface area contributed by atoms with E-state index in [-0.39, 0.29) is 0 Å². The van der Waals surface area contributed by atoms with Crippen LogP contribution in [-0.4, -0.2) is 5.94 Å². The molecule has 0 fully saturated rings. The lowest BCUT2D eigenvalue weighted by Gasteiger charge is -2.05. The van der Waals surface area contributed by atoms with Gasteiger partial charge in [0.1, 0.15) is 5.94 Å². The molecule has 0 bridgehead atoms. The van der Waals surface area contributed by atoms with E-state index in [1.54, 1.807) is 0 Å². The second kappa shape index (κ2) is 6.53. The number of allylic oxidation sites excluding steroid dienone is 1. The molecule has 2 rings (SSSR count). The Kier molecular flexibility index (Phi) is 4.49. The Balaban J connectivity index is 2.07. The van der Waals surface area contributed by atoms with Crippen molar-refractivity contribution in [2.75, 3.05) is 0 Å². The first-order valence-electron chi connectivity index (χ1n) is 6.30. The standard InChI is InChI=1S/C18H16O/c1-2-15-8-10-17(11-9-15)13-18(14-19)12-16-6-4-3-5-7-16/h2-11H,1,12-13H2. The predicted molar refractivity (Wildman–Crippen MR) is 79.6 cm³/mol. The third-order valence-corrected chi connectivity index (χ3v) is 3.04. The molecule has 0 radical (unpaired) electrons. The molecule has 0 aromatic heterocycles. The first kappa shape index (κ1) is 13.1. The summed E-state index contributed by atoms with van der Waals surface area (Å²) in [7, 11) is 0. The van der Waals surface area contributed by atoms with Crippen LogP contribution in [0.2, 0.25) is 0 Å². The minimum Gasteiger partial charge on any atom is -0.234 e. The predicted octanol–water partition coefficient (Wildman–Crippen LogP) is 3.87. The van der Waals surface area contributed by atoms with Crippen molar-refractivity contribution in [3.8, 4) is 0 Å². The lowest BCUT2D eigenvalue weighted by Crippen LogP contribution is -1.96. The summed E-state index contributed by atoms with van der Waals surface area (Å²) in [6.07, 6.45) is 3.12. The molecule has 0 N–H and O–H groups in total. The first-order valence-corrected chi connectivity index (χ1v) is 6.30. The fraction of sp³-hybridized carbons (Fsp3) is 0.111. The van der Waals surface area contributed by atoms with Crippen LogP contribution in [0.15, 0.2) is 66.7 Å². The first-order chi connectivity index (χ1) is 9.31. The van der Waals surface area contributed by atoms with E-state index in [9.17, 15) is 4.79 Å². The fourth-order valence-electron chi connectivity index (χ4n) is 1.99. The van der Waals surface area contributed by atoms with Crippen molar-refractivity contribution < 1.29 is 4.79 Å². The summed E-state index contributed by atoms with van der Waals surface area (Å²) in [4.78, 5) is 11.1. The SMILES string of the molecule is C=Cc1ccc(CC(=C=O)Cc2ccccc2)cc1. The van der Waals surface area contributed by atoms with Gasteiger partial charge in [0, 0.05) is 18.4 Å². The average molecular weight is 248 g/mol. The third-order valence-electron chi connectivity index (χ3n) is 3.04. The summed E-state index contributed by atoms with van der Waals surface area (Å²) in [6, 6.07) is 18.1. The van der Waals surface area contributed by atoms with Gasteiger partial charge in [-0.3, -0.25) is 0 Å². The second-order valence-electron chi connectivity index (χ2n) is 4.49. The van der Waals surface area contributed by atoms with Crippen molar-refractivity contribution in [2.24, 2.45) is 0 Å². The van der Waals surface area contributed by atoms with Crippen LogP contribution >= 0.6 is 0 Å². The number of hydrogen-bond donors (Lipinski definition) is 0. The molecule has 2 aromatic rings. The van der Waals surface area contributed by atoms with Gasteiger partial charge in [0.2, 0.25) is 0 Å². The van der Waals surface area contributed by atoms with Gasteiger partial charge in [0.15, 0.2) is 0 Å². The highest BCUT2D eigenvalue weighted by molar-refractivity contribution is 5.56.